The number of amides is 2. The summed E-state index contributed by atoms with van der Waals surface area (Å²) >= 11 is 0. The summed E-state index contributed by atoms with van der Waals surface area (Å²) in [6, 6.07) is 0.164. The van der Waals surface area contributed by atoms with Crippen molar-refractivity contribution in [1.29, 1.82) is 0 Å². The number of carboxylic acid groups (broad SMARTS) is 1. The molecule has 2 aliphatic rings. The molecule has 2 heterocycles. The van der Waals surface area contributed by atoms with E-state index in [2.05, 4.69) is 0 Å². The molecule has 90 valence electrons. The predicted molar refractivity (Wildman–Crippen MR) is 56.9 cm³/mol. The molecular weight excluding hydrogens is 210 g/mol. The van der Waals surface area contributed by atoms with Gasteiger partial charge in [-0.1, -0.05) is 0 Å². The average molecular weight is 227 g/mol. The summed E-state index contributed by atoms with van der Waals surface area (Å²) in [5.41, 5.74) is 5.75. The first kappa shape index (κ1) is 11.2. The van der Waals surface area contributed by atoms with Crippen molar-refractivity contribution in [3.8, 4) is 0 Å². The first-order valence-electron chi connectivity index (χ1n) is 5.60. The van der Waals surface area contributed by atoms with Gasteiger partial charge in [0.15, 0.2) is 0 Å². The average Bonchev–Trinajstić information content (AvgIpc) is 2.15. The highest BCUT2D eigenvalue weighted by Gasteiger charge is 2.37. The number of nitrogens with two attached hydrogens (primary N) is 1. The summed E-state index contributed by atoms with van der Waals surface area (Å²) in [5.74, 6) is -1.19. The van der Waals surface area contributed by atoms with Crippen LogP contribution in [0, 0.1) is 5.92 Å². The van der Waals surface area contributed by atoms with Crippen LogP contribution >= 0.6 is 0 Å². The van der Waals surface area contributed by atoms with Gasteiger partial charge >= 0.3 is 12.0 Å². The number of nitrogens with zero attached hydrogens (tertiary/aromatic N) is 2. The second-order valence-electron chi connectivity index (χ2n) is 4.55. The van der Waals surface area contributed by atoms with Gasteiger partial charge in [-0.3, -0.25) is 4.79 Å². The normalized spacial score (nSPS) is 23.1. The van der Waals surface area contributed by atoms with E-state index >= 15 is 0 Å². The monoisotopic (exact) mass is 227 g/mol. The van der Waals surface area contributed by atoms with Gasteiger partial charge < -0.3 is 20.6 Å². The summed E-state index contributed by atoms with van der Waals surface area (Å²) < 4.78 is 0. The number of piperidine rings is 1. The largest absolute Gasteiger partial charge is 0.481 e. The molecule has 0 radical (unpaired) electrons. The van der Waals surface area contributed by atoms with Crippen molar-refractivity contribution >= 4 is 12.0 Å². The zero-order valence-electron chi connectivity index (χ0n) is 9.13. The third kappa shape index (κ3) is 2.11. The maximum absolute atomic E-state index is 11.9. The molecule has 0 aromatic rings. The van der Waals surface area contributed by atoms with Crippen molar-refractivity contribution in [3.05, 3.63) is 0 Å². The Morgan fingerprint density at radius 3 is 2.19 bits per heavy atom. The molecule has 0 saturated carbocycles. The number of likely N-dealkylation sites (tertiary alicyclic amines) is 2. The van der Waals surface area contributed by atoms with E-state index in [0.717, 1.165) is 12.8 Å². The molecule has 6 nitrogen and oxygen atoms in total. The number of carboxylic acids is 1. The SMILES string of the molecule is NC1CCN(C(=O)N2CC(C(=O)O)C2)CC1. The highest BCUT2D eigenvalue weighted by Crippen LogP contribution is 2.19. The molecule has 0 unspecified atom stereocenters. The van der Waals surface area contributed by atoms with Crippen LogP contribution in [0.15, 0.2) is 0 Å². The molecular formula is C10H17N3O3. The molecule has 0 atom stereocenters. The van der Waals surface area contributed by atoms with Gasteiger partial charge in [0.25, 0.3) is 0 Å². The van der Waals surface area contributed by atoms with Crippen molar-refractivity contribution < 1.29 is 14.7 Å². The fourth-order valence-electron chi connectivity index (χ4n) is 2.08. The lowest BCUT2D eigenvalue weighted by Gasteiger charge is -2.41. The van der Waals surface area contributed by atoms with E-state index in [4.69, 9.17) is 10.8 Å². The lowest BCUT2D eigenvalue weighted by molar-refractivity contribution is -0.146. The first-order valence-corrected chi connectivity index (χ1v) is 5.60. The third-order valence-electron chi connectivity index (χ3n) is 3.31. The third-order valence-corrected chi connectivity index (χ3v) is 3.31. The van der Waals surface area contributed by atoms with Crippen LogP contribution in [0.5, 0.6) is 0 Å². The van der Waals surface area contributed by atoms with Gasteiger partial charge in [-0.25, -0.2) is 4.79 Å². The van der Waals surface area contributed by atoms with Crippen molar-refractivity contribution in [2.24, 2.45) is 11.7 Å². The molecule has 0 aromatic carbocycles. The van der Waals surface area contributed by atoms with E-state index < -0.39 is 5.97 Å². The number of rotatable bonds is 1. The van der Waals surface area contributed by atoms with Gasteiger partial charge in [0, 0.05) is 32.2 Å². The molecule has 0 bridgehead atoms. The Kier molecular flexibility index (Phi) is 3.00. The topological polar surface area (TPSA) is 86.9 Å². The Hall–Kier alpha value is -1.30. The Morgan fingerprint density at radius 1 is 1.12 bits per heavy atom. The molecule has 2 amide bonds. The minimum atomic E-state index is -0.815. The molecule has 2 aliphatic heterocycles. The second kappa shape index (κ2) is 4.29. The zero-order chi connectivity index (χ0) is 11.7. The van der Waals surface area contributed by atoms with Crippen LogP contribution in [0.2, 0.25) is 0 Å². The van der Waals surface area contributed by atoms with Crippen LogP contribution in [-0.2, 0) is 4.79 Å². The molecule has 3 N–H and O–H groups in total. The zero-order valence-corrected chi connectivity index (χ0v) is 9.13. The quantitative estimate of drug-likeness (QED) is 0.635. The van der Waals surface area contributed by atoms with Crippen molar-refractivity contribution in [2.75, 3.05) is 26.2 Å². The van der Waals surface area contributed by atoms with E-state index in [9.17, 15) is 9.59 Å². The number of hydrogen-bond acceptors (Lipinski definition) is 3. The summed E-state index contributed by atoms with van der Waals surface area (Å²) in [7, 11) is 0. The number of aliphatic carboxylic acids is 1. The lowest BCUT2D eigenvalue weighted by atomic mass is 10.0. The Morgan fingerprint density at radius 2 is 1.69 bits per heavy atom. The van der Waals surface area contributed by atoms with Gasteiger partial charge in [0.2, 0.25) is 0 Å². The molecule has 0 aromatic heterocycles. The predicted octanol–water partition coefficient (Wildman–Crippen LogP) is -0.454. The Balaban J connectivity index is 1.79. The molecule has 0 aliphatic carbocycles. The van der Waals surface area contributed by atoms with Crippen LogP contribution in [0.3, 0.4) is 0 Å². The van der Waals surface area contributed by atoms with E-state index in [1.807, 2.05) is 0 Å². The number of carbonyl (C=O) groups is 2. The van der Waals surface area contributed by atoms with Gasteiger partial charge in [0.05, 0.1) is 5.92 Å². The van der Waals surface area contributed by atoms with E-state index in [1.165, 1.54) is 0 Å². The van der Waals surface area contributed by atoms with Crippen molar-refractivity contribution in [2.45, 2.75) is 18.9 Å². The minimum absolute atomic E-state index is 0.0376. The fourth-order valence-corrected chi connectivity index (χ4v) is 2.08. The number of hydrogen-bond donors (Lipinski definition) is 2. The standard InChI is InChI=1S/C10H17N3O3/c11-8-1-3-12(4-2-8)10(16)13-5-7(6-13)9(14)15/h7-8H,1-6,11H2,(H,14,15). The summed E-state index contributed by atoms with van der Waals surface area (Å²) in [6.07, 6.45) is 1.67. The number of carbonyl (C=O) groups excluding carboxylic acids is 1. The summed E-state index contributed by atoms with van der Waals surface area (Å²) in [5, 5.41) is 8.71. The summed E-state index contributed by atoms with van der Waals surface area (Å²) in [4.78, 5) is 25.8. The lowest BCUT2D eigenvalue weighted by Crippen LogP contribution is -2.58. The highest BCUT2D eigenvalue weighted by atomic mass is 16.4. The first-order chi connectivity index (χ1) is 7.58. The van der Waals surface area contributed by atoms with Crippen molar-refractivity contribution in [3.63, 3.8) is 0 Å². The molecule has 2 rings (SSSR count). The molecule has 0 spiro atoms. The van der Waals surface area contributed by atoms with Gasteiger partial charge in [-0.05, 0) is 12.8 Å². The van der Waals surface area contributed by atoms with Crippen LogP contribution in [0.1, 0.15) is 12.8 Å². The molecule has 6 heteroatoms. The molecule has 16 heavy (non-hydrogen) atoms. The second-order valence-corrected chi connectivity index (χ2v) is 4.55. The van der Waals surface area contributed by atoms with Crippen LogP contribution in [-0.4, -0.2) is 59.1 Å². The van der Waals surface area contributed by atoms with E-state index in [-0.39, 0.29) is 18.0 Å². The highest BCUT2D eigenvalue weighted by molar-refractivity contribution is 5.79. The minimum Gasteiger partial charge on any atom is -0.481 e. The van der Waals surface area contributed by atoms with Gasteiger partial charge in [-0.15, -0.1) is 0 Å². The van der Waals surface area contributed by atoms with Gasteiger partial charge in [0.1, 0.15) is 0 Å². The number of urea groups is 1. The van der Waals surface area contributed by atoms with Crippen LogP contribution in [0.25, 0.3) is 0 Å². The maximum atomic E-state index is 11.9. The molecule has 2 saturated heterocycles. The van der Waals surface area contributed by atoms with E-state index in [1.54, 1.807) is 9.80 Å². The Labute approximate surface area is 94.0 Å². The Bertz CT molecular complexity index is 294. The van der Waals surface area contributed by atoms with Gasteiger partial charge in [-0.2, -0.15) is 0 Å². The van der Waals surface area contributed by atoms with Crippen molar-refractivity contribution in [1.82, 2.24) is 9.80 Å². The van der Waals surface area contributed by atoms with Crippen LogP contribution < -0.4 is 5.73 Å². The summed E-state index contributed by atoms with van der Waals surface area (Å²) in [6.45, 7) is 2.07. The molecule has 2 fully saturated rings. The fraction of sp³-hybridized carbons (Fsp3) is 0.800. The smallest absolute Gasteiger partial charge is 0.320 e. The maximum Gasteiger partial charge on any atom is 0.320 e. The van der Waals surface area contributed by atoms with E-state index in [0.29, 0.717) is 26.2 Å². The van der Waals surface area contributed by atoms with Crippen LogP contribution in [0.4, 0.5) is 4.79 Å².